The highest BCUT2D eigenvalue weighted by Gasteiger charge is 2.22. The first kappa shape index (κ1) is 17.2. The number of rotatable bonds is 5. The van der Waals surface area contributed by atoms with Gasteiger partial charge in [0.05, 0.1) is 13.7 Å². The molecule has 1 aromatic heterocycles. The Hall–Kier alpha value is -3.21. The van der Waals surface area contributed by atoms with Gasteiger partial charge in [0.15, 0.2) is 11.6 Å². The van der Waals surface area contributed by atoms with Crippen LogP contribution in [0.4, 0.5) is 17.2 Å². The maximum Gasteiger partial charge on any atom is 0.173 e. The molecule has 1 N–H and O–H groups in total. The molecule has 5 nitrogen and oxygen atoms in total. The largest absolute Gasteiger partial charge is 0.497 e. The molecule has 138 valence electrons. The molecule has 0 fully saturated rings. The van der Waals surface area contributed by atoms with Crippen molar-refractivity contribution in [1.29, 1.82) is 0 Å². The molecule has 0 bridgehead atoms. The van der Waals surface area contributed by atoms with Gasteiger partial charge < -0.3 is 19.7 Å². The maximum absolute atomic E-state index is 5.93. The molecule has 1 aliphatic rings. The molecule has 3 aromatic rings. The lowest BCUT2D eigenvalue weighted by Crippen LogP contribution is -2.08. The zero-order valence-electron chi connectivity index (χ0n) is 15.8. The van der Waals surface area contributed by atoms with Crippen LogP contribution in [0.5, 0.6) is 11.5 Å². The Morgan fingerprint density at radius 2 is 1.96 bits per heavy atom. The Bertz CT molecular complexity index is 970. The van der Waals surface area contributed by atoms with Crippen LogP contribution in [-0.4, -0.2) is 32.8 Å². The third-order valence-corrected chi connectivity index (χ3v) is 4.74. The van der Waals surface area contributed by atoms with Gasteiger partial charge in [0, 0.05) is 55.3 Å². The van der Waals surface area contributed by atoms with Gasteiger partial charge in [0.25, 0.3) is 0 Å². The minimum atomic E-state index is 0.675. The second kappa shape index (κ2) is 7.19. The number of benzene rings is 2. The topological polar surface area (TPSA) is 46.6 Å². The van der Waals surface area contributed by atoms with Gasteiger partial charge in [-0.25, -0.2) is 4.98 Å². The van der Waals surface area contributed by atoms with Crippen molar-refractivity contribution in [2.45, 2.75) is 6.42 Å². The molecule has 27 heavy (non-hydrogen) atoms. The summed E-state index contributed by atoms with van der Waals surface area (Å²) in [6.07, 6.45) is 2.82. The number of hydrogen-bond acceptors (Lipinski definition) is 5. The summed E-state index contributed by atoms with van der Waals surface area (Å²) in [6.45, 7) is 0.675. The van der Waals surface area contributed by atoms with Gasteiger partial charge in [-0.15, -0.1) is 0 Å². The summed E-state index contributed by atoms with van der Waals surface area (Å²) < 4.78 is 11.2. The molecular formula is C22H23N3O2. The Labute approximate surface area is 159 Å². The molecule has 0 spiro atoms. The molecule has 0 amide bonds. The van der Waals surface area contributed by atoms with E-state index in [9.17, 15) is 0 Å². The molecule has 0 saturated heterocycles. The van der Waals surface area contributed by atoms with E-state index in [1.807, 2.05) is 44.6 Å². The van der Waals surface area contributed by atoms with Gasteiger partial charge in [-0.05, 0) is 29.8 Å². The maximum atomic E-state index is 5.93. The van der Waals surface area contributed by atoms with Crippen LogP contribution in [0.15, 0.2) is 54.7 Å². The molecule has 0 atom stereocenters. The lowest BCUT2D eigenvalue weighted by atomic mass is 9.99. The van der Waals surface area contributed by atoms with E-state index in [4.69, 9.17) is 9.47 Å². The molecule has 1 aliphatic heterocycles. The van der Waals surface area contributed by atoms with Crippen LogP contribution in [0, 0.1) is 0 Å². The Morgan fingerprint density at radius 3 is 2.78 bits per heavy atom. The number of anilines is 3. The highest BCUT2D eigenvalue weighted by Crippen LogP contribution is 2.40. The summed E-state index contributed by atoms with van der Waals surface area (Å²) >= 11 is 0. The summed E-state index contributed by atoms with van der Waals surface area (Å²) in [6, 6.07) is 16.3. The fourth-order valence-corrected chi connectivity index (χ4v) is 3.32. The van der Waals surface area contributed by atoms with Gasteiger partial charge in [0.1, 0.15) is 5.75 Å². The average Bonchev–Trinajstić information content (AvgIpc) is 3.19. The molecule has 2 heterocycles. The third-order valence-electron chi connectivity index (χ3n) is 4.74. The number of pyridine rings is 1. The Kier molecular flexibility index (Phi) is 4.59. The van der Waals surface area contributed by atoms with Gasteiger partial charge in [-0.3, -0.25) is 0 Å². The number of aromatic nitrogens is 1. The van der Waals surface area contributed by atoms with E-state index >= 15 is 0 Å². The second-order valence-corrected chi connectivity index (χ2v) is 6.73. The standard InChI is InChI=1S/C22H23N3O2/c1-25(2)17-8-4-6-15(12-17)20-14-23-22(21-19(20)10-11-27-21)24-16-7-5-9-18(13-16)26-3/h4-9,12-14H,10-11H2,1-3H3,(H,23,24). The van der Waals surface area contributed by atoms with Crippen LogP contribution in [0.3, 0.4) is 0 Å². The van der Waals surface area contributed by atoms with Crippen molar-refractivity contribution in [1.82, 2.24) is 4.98 Å². The number of hydrogen-bond donors (Lipinski definition) is 1. The smallest absolute Gasteiger partial charge is 0.173 e. The van der Waals surface area contributed by atoms with Crippen LogP contribution >= 0.6 is 0 Å². The number of fused-ring (bicyclic) bond motifs is 1. The summed E-state index contributed by atoms with van der Waals surface area (Å²) in [5.41, 5.74) is 5.57. The zero-order chi connectivity index (χ0) is 18.8. The summed E-state index contributed by atoms with van der Waals surface area (Å²) in [4.78, 5) is 6.77. The lowest BCUT2D eigenvalue weighted by Gasteiger charge is -2.16. The number of ether oxygens (including phenoxy) is 2. The van der Waals surface area contributed by atoms with E-state index in [0.717, 1.165) is 40.6 Å². The van der Waals surface area contributed by atoms with Crippen LogP contribution < -0.4 is 19.7 Å². The van der Waals surface area contributed by atoms with Crippen LogP contribution in [0.1, 0.15) is 5.56 Å². The van der Waals surface area contributed by atoms with E-state index in [2.05, 4.69) is 39.5 Å². The predicted molar refractivity (Wildman–Crippen MR) is 109 cm³/mol. The summed E-state index contributed by atoms with van der Waals surface area (Å²) in [5.74, 6) is 2.38. The average molecular weight is 361 g/mol. The molecule has 5 heteroatoms. The van der Waals surface area contributed by atoms with Crippen molar-refractivity contribution >= 4 is 17.2 Å². The van der Waals surface area contributed by atoms with Crippen molar-refractivity contribution in [3.63, 3.8) is 0 Å². The van der Waals surface area contributed by atoms with Gasteiger partial charge in [-0.2, -0.15) is 0 Å². The Morgan fingerprint density at radius 1 is 1.11 bits per heavy atom. The second-order valence-electron chi connectivity index (χ2n) is 6.73. The molecule has 0 aliphatic carbocycles. The van der Waals surface area contributed by atoms with Gasteiger partial charge >= 0.3 is 0 Å². The monoisotopic (exact) mass is 361 g/mol. The quantitative estimate of drug-likeness (QED) is 0.725. The minimum Gasteiger partial charge on any atom is -0.497 e. The number of methoxy groups -OCH3 is 1. The van der Waals surface area contributed by atoms with E-state index < -0.39 is 0 Å². The van der Waals surface area contributed by atoms with E-state index in [1.165, 1.54) is 11.3 Å². The van der Waals surface area contributed by atoms with E-state index in [1.54, 1.807) is 7.11 Å². The van der Waals surface area contributed by atoms with Crippen molar-refractivity contribution < 1.29 is 9.47 Å². The first-order valence-electron chi connectivity index (χ1n) is 8.99. The highest BCUT2D eigenvalue weighted by molar-refractivity contribution is 5.78. The molecule has 0 saturated carbocycles. The lowest BCUT2D eigenvalue weighted by molar-refractivity contribution is 0.357. The van der Waals surface area contributed by atoms with Gasteiger partial charge in [-0.1, -0.05) is 18.2 Å². The van der Waals surface area contributed by atoms with Crippen molar-refractivity contribution in [3.8, 4) is 22.6 Å². The molecular weight excluding hydrogens is 338 g/mol. The summed E-state index contributed by atoms with van der Waals surface area (Å²) in [7, 11) is 5.76. The van der Waals surface area contributed by atoms with Crippen molar-refractivity contribution in [2.75, 3.05) is 38.0 Å². The van der Waals surface area contributed by atoms with Crippen LogP contribution in [0.2, 0.25) is 0 Å². The Balaban J connectivity index is 1.71. The van der Waals surface area contributed by atoms with Crippen molar-refractivity contribution in [3.05, 3.63) is 60.3 Å². The minimum absolute atomic E-state index is 0.675. The first-order valence-corrected chi connectivity index (χ1v) is 8.99. The zero-order valence-corrected chi connectivity index (χ0v) is 15.8. The van der Waals surface area contributed by atoms with Crippen molar-refractivity contribution in [2.24, 2.45) is 0 Å². The first-order chi connectivity index (χ1) is 13.2. The number of nitrogens with one attached hydrogen (secondary N) is 1. The fraction of sp³-hybridized carbons (Fsp3) is 0.227. The van der Waals surface area contributed by atoms with Gasteiger partial charge in [0.2, 0.25) is 0 Å². The van der Waals surface area contributed by atoms with E-state index in [-0.39, 0.29) is 0 Å². The predicted octanol–water partition coefficient (Wildman–Crippen LogP) is 4.50. The van der Waals surface area contributed by atoms with E-state index in [0.29, 0.717) is 6.61 Å². The van der Waals surface area contributed by atoms with Crippen LogP contribution in [-0.2, 0) is 6.42 Å². The molecule has 0 radical (unpaired) electrons. The summed E-state index contributed by atoms with van der Waals surface area (Å²) in [5, 5.41) is 3.36. The normalized spacial score (nSPS) is 12.3. The molecule has 0 unspecified atom stereocenters. The number of nitrogens with zero attached hydrogens (tertiary/aromatic N) is 2. The SMILES string of the molecule is COc1cccc(Nc2ncc(-c3cccc(N(C)C)c3)c3c2OCC3)c1. The molecule has 4 rings (SSSR count). The molecule has 2 aromatic carbocycles. The third kappa shape index (κ3) is 3.40. The highest BCUT2D eigenvalue weighted by atomic mass is 16.5. The van der Waals surface area contributed by atoms with Crippen LogP contribution in [0.25, 0.3) is 11.1 Å². The fourth-order valence-electron chi connectivity index (χ4n) is 3.32.